The maximum absolute atomic E-state index is 12.5. The molecule has 0 radical (unpaired) electrons. The van der Waals surface area contributed by atoms with Crippen LogP contribution in [0.3, 0.4) is 0 Å². The third-order valence-corrected chi connectivity index (χ3v) is 5.75. The molecule has 0 saturated heterocycles. The fourth-order valence-corrected chi connectivity index (χ4v) is 3.86. The van der Waals surface area contributed by atoms with E-state index >= 15 is 0 Å². The highest BCUT2D eigenvalue weighted by molar-refractivity contribution is 7.99. The van der Waals surface area contributed by atoms with Crippen LogP contribution in [0.5, 0.6) is 5.88 Å². The number of methoxy groups -OCH3 is 1. The molecule has 0 fully saturated rings. The summed E-state index contributed by atoms with van der Waals surface area (Å²) in [5.41, 5.74) is 2.78. The third kappa shape index (κ3) is 5.89. The number of hydrogen-bond donors (Lipinski definition) is 1. The molecular weight excluding hydrogens is 428 g/mol. The van der Waals surface area contributed by atoms with Gasteiger partial charge in [-0.3, -0.25) is 14.0 Å². The lowest BCUT2D eigenvalue weighted by molar-refractivity contribution is -0.113. The lowest BCUT2D eigenvalue weighted by atomic mass is 10.1. The highest BCUT2D eigenvalue weighted by Crippen LogP contribution is 2.30. The number of thioether (sulfide) groups is 1. The van der Waals surface area contributed by atoms with E-state index in [1.807, 2.05) is 48.9 Å². The number of hydrogen-bond acceptors (Lipinski definition) is 7. The molecule has 10 heteroatoms. The Morgan fingerprint density at radius 1 is 1.16 bits per heavy atom. The second-order valence-corrected chi connectivity index (χ2v) is 7.92. The number of amides is 1. The van der Waals surface area contributed by atoms with Crippen molar-refractivity contribution in [3.05, 3.63) is 36.0 Å². The molecule has 172 valence electrons. The van der Waals surface area contributed by atoms with Gasteiger partial charge in [-0.25, -0.2) is 0 Å². The molecule has 0 bridgehead atoms. The summed E-state index contributed by atoms with van der Waals surface area (Å²) in [6.07, 6.45) is 2.87. The zero-order valence-electron chi connectivity index (χ0n) is 19.0. The average Bonchev–Trinajstić information content (AvgIpc) is 3.40. The van der Waals surface area contributed by atoms with E-state index < -0.39 is 0 Å². The van der Waals surface area contributed by atoms with Gasteiger partial charge in [0.15, 0.2) is 11.0 Å². The van der Waals surface area contributed by atoms with Crippen LogP contribution >= 0.6 is 11.8 Å². The van der Waals surface area contributed by atoms with Gasteiger partial charge < -0.3 is 14.8 Å². The second kappa shape index (κ2) is 11.7. The molecule has 0 saturated carbocycles. The van der Waals surface area contributed by atoms with Crippen LogP contribution in [0.2, 0.25) is 0 Å². The summed E-state index contributed by atoms with van der Waals surface area (Å²) in [6.45, 7) is 8.28. The molecule has 0 spiro atoms. The summed E-state index contributed by atoms with van der Waals surface area (Å²) < 4.78 is 14.7. The number of aryl methyl sites for hydroxylation is 2. The Morgan fingerprint density at radius 2 is 1.94 bits per heavy atom. The Morgan fingerprint density at radius 3 is 2.59 bits per heavy atom. The van der Waals surface area contributed by atoms with Gasteiger partial charge in [0.1, 0.15) is 5.56 Å². The number of rotatable bonds is 12. The van der Waals surface area contributed by atoms with Crippen molar-refractivity contribution < 1.29 is 14.3 Å². The number of ether oxygens (including phenoxy) is 2. The van der Waals surface area contributed by atoms with Crippen molar-refractivity contribution >= 4 is 23.4 Å². The van der Waals surface area contributed by atoms with E-state index in [1.54, 1.807) is 11.8 Å². The highest BCUT2D eigenvalue weighted by atomic mass is 32.2. The monoisotopic (exact) mass is 458 g/mol. The van der Waals surface area contributed by atoms with Crippen LogP contribution in [0.15, 0.2) is 35.6 Å². The summed E-state index contributed by atoms with van der Waals surface area (Å²) in [7, 11) is 1.65. The second-order valence-electron chi connectivity index (χ2n) is 6.97. The van der Waals surface area contributed by atoms with Crippen molar-refractivity contribution in [1.82, 2.24) is 24.5 Å². The molecular formula is C22H30N6O3S. The van der Waals surface area contributed by atoms with E-state index in [-0.39, 0.29) is 11.7 Å². The molecule has 3 rings (SSSR count). The zero-order valence-corrected chi connectivity index (χ0v) is 19.8. The van der Waals surface area contributed by atoms with Crippen molar-refractivity contribution in [2.45, 2.75) is 45.4 Å². The Kier molecular flexibility index (Phi) is 8.69. The van der Waals surface area contributed by atoms with E-state index in [2.05, 4.69) is 27.5 Å². The number of nitrogens with zero attached hydrogens (tertiary/aromatic N) is 5. The molecule has 9 nitrogen and oxygen atoms in total. The molecule has 2 heterocycles. The molecule has 0 atom stereocenters. The quantitative estimate of drug-likeness (QED) is 0.415. The minimum absolute atomic E-state index is 0.101. The summed E-state index contributed by atoms with van der Waals surface area (Å²) in [4.78, 5) is 12.5. The fourth-order valence-electron chi connectivity index (χ4n) is 3.09. The van der Waals surface area contributed by atoms with Crippen LogP contribution in [0, 0.1) is 0 Å². The summed E-state index contributed by atoms with van der Waals surface area (Å²) in [5.74, 6) is 1.28. The molecule has 32 heavy (non-hydrogen) atoms. The van der Waals surface area contributed by atoms with Gasteiger partial charge in [-0.15, -0.1) is 15.3 Å². The smallest absolute Gasteiger partial charge is 0.243 e. The maximum Gasteiger partial charge on any atom is 0.243 e. The number of carbonyl (C=O) groups excluding carboxylic acids is 1. The molecule has 1 aromatic carbocycles. The number of anilines is 1. The van der Waals surface area contributed by atoms with Crippen LogP contribution in [-0.2, 0) is 29.0 Å². The van der Waals surface area contributed by atoms with Gasteiger partial charge in [0.2, 0.25) is 11.8 Å². The molecule has 1 N–H and O–H groups in total. The van der Waals surface area contributed by atoms with Gasteiger partial charge in [0.05, 0.1) is 25.5 Å². The van der Waals surface area contributed by atoms with Crippen molar-refractivity contribution in [3.8, 4) is 17.3 Å². The topological polar surface area (TPSA) is 96.1 Å². The minimum atomic E-state index is -0.101. The van der Waals surface area contributed by atoms with Crippen molar-refractivity contribution in [2.24, 2.45) is 0 Å². The van der Waals surface area contributed by atoms with E-state index in [9.17, 15) is 4.79 Å². The zero-order chi connectivity index (χ0) is 22.9. The maximum atomic E-state index is 12.5. The first kappa shape index (κ1) is 23.8. The summed E-state index contributed by atoms with van der Waals surface area (Å²) in [6, 6.07) is 7.87. The highest BCUT2D eigenvalue weighted by Gasteiger charge is 2.21. The molecule has 2 aromatic heterocycles. The normalized spacial score (nSPS) is 11.0. The minimum Gasteiger partial charge on any atom is -0.476 e. The standard InChI is InChI=1S/C22H30N6O3S/c1-5-16-8-10-17(11-9-16)23-19(29)15-32-22-25-24-20(28(22)12-13-30-4)18-14-27(6-2)26-21(18)31-7-3/h8-11,14H,5-7,12-13,15H2,1-4H3,(H,23,29). The first-order valence-electron chi connectivity index (χ1n) is 10.7. The SMILES string of the molecule is CCOc1nn(CC)cc1-c1nnc(SCC(=O)Nc2ccc(CC)cc2)n1CCOC. The largest absolute Gasteiger partial charge is 0.476 e. The average molecular weight is 459 g/mol. The molecule has 3 aromatic rings. The van der Waals surface area contributed by atoms with E-state index in [0.717, 1.165) is 17.7 Å². The molecule has 0 aliphatic rings. The molecule has 0 aliphatic heterocycles. The van der Waals surface area contributed by atoms with Crippen LogP contribution in [0.25, 0.3) is 11.4 Å². The lowest BCUT2D eigenvalue weighted by Crippen LogP contribution is -2.15. The number of nitrogens with one attached hydrogen (secondary N) is 1. The van der Waals surface area contributed by atoms with Gasteiger partial charge in [-0.1, -0.05) is 30.8 Å². The Labute approximate surface area is 192 Å². The molecule has 0 aliphatic carbocycles. The number of aromatic nitrogens is 5. The first-order valence-corrected chi connectivity index (χ1v) is 11.7. The van der Waals surface area contributed by atoms with Crippen LogP contribution in [0.4, 0.5) is 5.69 Å². The van der Waals surface area contributed by atoms with Gasteiger partial charge in [-0.05, 0) is 38.0 Å². The van der Waals surface area contributed by atoms with Crippen LogP contribution in [-0.4, -0.2) is 56.5 Å². The van der Waals surface area contributed by atoms with Crippen molar-refractivity contribution in [3.63, 3.8) is 0 Å². The summed E-state index contributed by atoms with van der Waals surface area (Å²) >= 11 is 1.33. The molecule has 1 amide bonds. The Balaban J connectivity index is 1.76. The predicted octanol–water partition coefficient (Wildman–Crippen LogP) is 3.50. The third-order valence-electron chi connectivity index (χ3n) is 4.79. The number of carbonyl (C=O) groups is 1. The molecule has 0 unspecified atom stereocenters. The van der Waals surface area contributed by atoms with Gasteiger partial charge in [-0.2, -0.15) is 0 Å². The van der Waals surface area contributed by atoms with E-state index in [0.29, 0.717) is 43.2 Å². The van der Waals surface area contributed by atoms with Crippen molar-refractivity contribution in [2.75, 3.05) is 31.4 Å². The fraction of sp³-hybridized carbons (Fsp3) is 0.455. The van der Waals surface area contributed by atoms with Gasteiger partial charge in [0, 0.05) is 25.5 Å². The van der Waals surface area contributed by atoms with Crippen LogP contribution in [0.1, 0.15) is 26.3 Å². The summed E-state index contributed by atoms with van der Waals surface area (Å²) in [5, 5.41) is 16.7. The van der Waals surface area contributed by atoms with Gasteiger partial charge in [0.25, 0.3) is 0 Å². The van der Waals surface area contributed by atoms with E-state index in [4.69, 9.17) is 9.47 Å². The number of benzene rings is 1. The Hall–Kier alpha value is -2.85. The van der Waals surface area contributed by atoms with E-state index in [1.165, 1.54) is 17.3 Å². The lowest BCUT2D eigenvalue weighted by Gasteiger charge is -2.10. The Bertz CT molecular complexity index is 1020. The first-order chi connectivity index (χ1) is 15.6. The van der Waals surface area contributed by atoms with Crippen molar-refractivity contribution in [1.29, 1.82) is 0 Å². The van der Waals surface area contributed by atoms with Gasteiger partial charge >= 0.3 is 0 Å². The van der Waals surface area contributed by atoms with Crippen LogP contribution < -0.4 is 10.1 Å². The predicted molar refractivity (Wildman–Crippen MR) is 125 cm³/mol.